The minimum atomic E-state index is -0.482. The molecule has 0 atom stereocenters. The molecule has 1 aliphatic heterocycles. The molecule has 3 aromatic rings. The third-order valence-corrected chi connectivity index (χ3v) is 6.37. The summed E-state index contributed by atoms with van der Waals surface area (Å²) in [5, 5.41) is 0.398. The minimum Gasteiger partial charge on any atom is -0.465 e. The number of fused-ring (bicyclic) bond motifs is 2. The van der Waals surface area contributed by atoms with Crippen LogP contribution in [-0.2, 0) is 17.7 Å². The van der Waals surface area contributed by atoms with Gasteiger partial charge in [-0.15, -0.1) is 11.3 Å². The van der Waals surface area contributed by atoms with Gasteiger partial charge in [-0.25, -0.2) is 14.2 Å². The van der Waals surface area contributed by atoms with Gasteiger partial charge in [0, 0.05) is 6.54 Å². The summed E-state index contributed by atoms with van der Waals surface area (Å²) in [6.45, 7) is 4.67. The first-order chi connectivity index (χ1) is 13.4. The van der Waals surface area contributed by atoms with E-state index in [4.69, 9.17) is 4.74 Å². The van der Waals surface area contributed by atoms with Gasteiger partial charge in [-0.3, -0.25) is 4.79 Å². The summed E-state index contributed by atoms with van der Waals surface area (Å²) in [5.74, 6) is -0.295. The Kier molecular flexibility index (Phi) is 4.66. The van der Waals surface area contributed by atoms with Gasteiger partial charge in [0.15, 0.2) is 0 Å². The molecule has 0 spiro atoms. The number of thiophene rings is 1. The molecule has 0 amide bonds. The number of nitrogens with zero attached hydrogens (tertiary/aromatic N) is 2. The Bertz CT molecular complexity index is 1150. The molecule has 3 heterocycles. The quantitative estimate of drug-likeness (QED) is 0.680. The summed E-state index contributed by atoms with van der Waals surface area (Å²) < 4.78 is 19.3. The predicted octanol–water partition coefficient (Wildman–Crippen LogP) is 3.48. The molecular formula is C20H20FN3O3S. The lowest BCUT2D eigenvalue weighted by atomic mass is 9.96. The molecule has 0 unspecified atom stereocenters. The van der Waals surface area contributed by atoms with Crippen molar-refractivity contribution in [3.8, 4) is 0 Å². The number of carbonyl (C=O) groups is 1. The monoisotopic (exact) mass is 401 g/mol. The standard InChI is InChI=1S/C20H20FN3O3S/c1-10-6-7-13(21)16-12(10)5-4-8-24(16)9-14-22-18(25)15-11(2)17(20(26)27-3)28-19(15)23-14/h6-7H,4-5,8-9H2,1-3H3,(H,22,23,25). The van der Waals surface area contributed by atoms with Gasteiger partial charge in [-0.1, -0.05) is 6.07 Å². The van der Waals surface area contributed by atoms with Crippen LogP contribution in [0.1, 0.15) is 38.6 Å². The van der Waals surface area contributed by atoms with Crippen molar-refractivity contribution in [2.45, 2.75) is 33.2 Å². The van der Waals surface area contributed by atoms with Crippen LogP contribution < -0.4 is 10.5 Å². The second-order valence-corrected chi connectivity index (χ2v) is 7.96. The normalized spacial score (nSPS) is 13.6. The van der Waals surface area contributed by atoms with E-state index in [9.17, 15) is 14.0 Å². The van der Waals surface area contributed by atoms with Gasteiger partial charge >= 0.3 is 5.97 Å². The topological polar surface area (TPSA) is 75.3 Å². The number of anilines is 1. The molecule has 1 aliphatic rings. The Morgan fingerprint density at radius 1 is 1.39 bits per heavy atom. The predicted molar refractivity (Wildman–Crippen MR) is 107 cm³/mol. The van der Waals surface area contributed by atoms with E-state index in [0.29, 0.717) is 45.3 Å². The Morgan fingerprint density at radius 3 is 2.93 bits per heavy atom. The summed E-state index contributed by atoms with van der Waals surface area (Å²) in [4.78, 5) is 34.7. The number of benzene rings is 1. The maximum absolute atomic E-state index is 14.5. The van der Waals surface area contributed by atoms with Gasteiger partial charge in [-0.2, -0.15) is 0 Å². The maximum Gasteiger partial charge on any atom is 0.348 e. The highest BCUT2D eigenvalue weighted by Gasteiger charge is 2.24. The van der Waals surface area contributed by atoms with Crippen molar-refractivity contribution in [2.24, 2.45) is 0 Å². The molecule has 2 aromatic heterocycles. The van der Waals surface area contributed by atoms with E-state index < -0.39 is 5.97 Å². The Labute approximate surface area is 165 Å². The molecular weight excluding hydrogens is 381 g/mol. The summed E-state index contributed by atoms with van der Waals surface area (Å²) in [6.07, 6.45) is 1.75. The molecule has 146 valence electrons. The number of aromatic amines is 1. The number of carbonyl (C=O) groups excluding carboxylic acids is 1. The van der Waals surface area contributed by atoms with E-state index in [1.54, 1.807) is 13.0 Å². The fourth-order valence-electron chi connectivity index (χ4n) is 3.81. The number of aryl methyl sites for hydroxylation is 2. The van der Waals surface area contributed by atoms with Crippen LogP contribution in [0.15, 0.2) is 16.9 Å². The molecule has 28 heavy (non-hydrogen) atoms. The van der Waals surface area contributed by atoms with Gasteiger partial charge in [-0.05, 0) is 49.4 Å². The van der Waals surface area contributed by atoms with E-state index in [-0.39, 0.29) is 11.4 Å². The highest BCUT2D eigenvalue weighted by molar-refractivity contribution is 7.20. The first kappa shape index (κ1) is 18.6. The average molecular weight is 401 g/mol. The van der Waals surface area contributed by atoms with Crippen molar-refractivity contribution in [3.63, 3.8) is 0 Å². The summed E-state index contributed by atoms with van der Waals surface area (Å²) in [6, 6.07) is 3.28. The Balaban J connectivity index is 1.76. The first-order valence-corrected chi connectivity index (χ1v) is 9.86. The Hall–Kier alpha value is -2.74. The average Bonchev–Trinajstić information content (AvgIpc) is 3.01. The van der Waals surface area contributed by atoms with Crippen LogP contribution >= 0.6 is 11.3 Å². The van der Waals surface area contributed by atoms with Crippen LogP contribution in [0, 0.1) is 19.7 Å². The fraction of sp³-hybridized carbons (Fsp3) is 0.350. The van der Waals surface area contributed by atoms with Gasteiger partial charge < -0.3 is 14.6 Å². The van der Waals surface area contributed by atoms with Crippen LogP contribution in [-0.4, -0.2) is 29.6 Å². The van der Waals surface area contributed by atoms with Gasteiger partial charge in [0.1, 0.15) is 21.3 Å². The number of hydrogen-bond acceptors (Lipinski definition) is 6. The van der Waals surface area contributed by atoms with Crippen LogP contribution in [0.4, 0.5) is 10.1 Å². The van der Waals surface area contributed by atoms with Crippen molar-refractivity contribution in [1.29, 1.82) is 0 Å². The van der Waals surface area contributed by atoms with Crippen LogP contribution in [0.25, 0.3) is 10.2 Å². The molecule has 0 saturated heterocycles. The fourth-order valence-corrected chi connectivity index (χ4v) is 4.93. The van der Waals surface area contributed by atoms with E-state index in [0.717, 1.165) is 35.3 Å². The van der Waals surface area contributed by atoms with Crippen molar-refractivity contribution in [2.75, 3.05) is 18.6 Å². The molecule has 8 heteroatoms. The second-order valence-electron chi connectivity index (χ2n) is 6.96. The summed E-state index contributed by atoms with van der Waals surface area (Å²) in [7, 11) is 1.31. The van der Waals surface area contributed by atoms with Crippen LogP contribution in [0.5, 0.6) is 0 Å². The smallest absolute Gasteiger partial charge is 0.348 e. The van der Waals surface area contributed by atoms with Crippen LogP contribution in [0.3, 0.4) is 0 Å². The molecule has 0 radical (unpaired) electrons. The molecule has 6 nitrogen and oxygen atoms in total. The van der Waals surface area contributed by atoms with Gasteiger partial charge in [0.05, 0.1) is 24.7 Å². The number of aromatic nitrogens is 2. The number of esters is 1. The highest BCUT2D eigenvalue weighted by Crippen LogP contribution is 2.33. The Morgan fingerprint density at radius 2 is 2.18 bits per heavy atom. The van der Waals surface area contributed by atoms with E-state index in [2.05, 4.69) is 9.97 Å². The van der Waals surface area contributed by atoms with Crippen molar-refractivity contribution < 1.29 is 13.9 Å². The minimum absolute atomic E-state index is 0.260. The van der Waals surface area contributed by atoms with Crippen LogP contribution in [0.2, 0.25) is 0 Å². The number of methoxy groups -OCH3 is 1. The zero-order valence-corrected chi connectivity index (χ0v) is 16.7. The third kappa shape index (κ3) is 2.97. The first-order valence-electron chi connectivity index (χ1n) is 9.04. The molecule has 0 bridgehead atoms. The lowest BCUT2D eigenvalue weighted by Gasteiger charge is -2.32. The van der Waals surface area contributed by atoms with E-state index in [1.165, 1.54) is 13.2 Å². The lowest BCUT2D eigenvalue weighted by molar-refractivity contribution is 0.0605. The molecule has 4 rings (SSSR count). The van der Waals surface area contributed by atoms with E-state index >= 15 is 0 Å². The third-order valence-electron chi connectivity index (χ3n) is 5.20. The van der Waals surface area contributed by atoms with Crippen molar-refractivity contribution in [3.05, 3.63) is 55.7 Å². The highest BCUT2D eigenvalue weighted by atomic mass is 32.1. The number of rotatable bonds is 3. The number of H-pyrrole nitrogens is 1. The summed E-state index contributed by atoms with van der Waals surface area (Å²) in [5.41, 5.74) is 2.93. The van der Waals surface area contributed by atoms with Gasteiger partial charge in [0.25, 0.3) is 5.56 Å². The molecule has 0 saturated carbocycles. The van der Waals surface area contributed by atoms with E-state index in [1.807, 2.05) is 11.8 Å². The molecule has 0 fully saturated rings. The lowest BCUT2D eigenvalue weighted by Crippen LogP contribution is -2.31. The summed E-state index contributed by atoms with van der Waals surface area (Å²) >= 11 is 1.14. The van der Waals surface area contributed by atoms with Crippen molar-refractivity contribution >= 4 is 33.2 Å². The maximum atomic E-state index is 14.5. The zero-order valence-electron chi connectivity index (χ0n) is 15.9. The molecule has 1 aromatic carbocycles. The molecule has 1 N–H and O–H groups in total. The molecule has 0 aliphatic carbocycles. The van der Waals surface area contributed by atoms with Gasteiger partial charge in [0.2, 0.25) is 0 Å². The number of nitrogens with one attached hydrogen (secondary N) is 1. The second kappa shape index (κ2) is 7.01. The number of hydrogen-bond donors (Lipinski definition) is 1. The zero-order chi connectivity index (χ0) is 20.0. The number of halogens is 1. The SMILES string of the molecule is COC(=O)c1sc2nc(CN3CCCc4c(C)ccc(F)c43)[nH]c(=O)c2c1C. The largest absolute Gasteiger partial charge is 0.465 e. The number of ether oxygens (including phenoxy) is 1. The van der Waals surface area contributed by atoms with Crippen molar-refractivity contribution in [1.82, 2.24) is 9.97 Å².